The summed E-state index contributed by atoms with van der Waals surface area (Å²) in [5.41, 5.74) is 4.58. The summed E-state index contributed by atoms with van der Waals surface area (Å²) >= 11 is 0. The molecule has 0 aliphatic heterocycles. The number of hydrogen-bond acceptors (Lipinski definition) is 3. The molecule has 2 fully saturated rings. The summed E-state index contributed by atoms with van der Waals surface area (Å²) in [6.45, 7) is 8.42. The first-order valence-corrected chi connectivity index (χ1v) is 8.82. The summed E-state index contributed by atoms with van der Waals surface area (Å²) in [6.07, 6.45) is 5.60. The van der Waals surface area contributed by atoms with Crippen LogP contribution in [0.15, 0.2) is 0 Å². The SMILES string of the molecule is CC1CCCC(C(=O)OC2(C(N)=O)CCCC(C)C2C)C1C. The third-order valence-electron chi connectivity index (χ3n) is 6.51. The Labute approximate surface area is 134 Å². The number of carbonyl (C=O) groups excluding carboxylic acids is 2. The first kappa shape index (κ1) is 17.3. The lowest BCUT2D eigenvalue weighted by Gasteiger charge is -2.44. The molecule has 2 aliphatic carbocycles. The van der Waals surface area contributed by atoms with Gasteiger partial charge in [-0.2, -0.15) is 0 Å². The van der Waals surface area contributed by atoms with Crippen LogP contribution in [0.25, 0.3) is 0 Å². The molecule has 1 amide bonds. The Morgan fingerprint density at radius 3 is 2.27 bits per heavy atom. The van der Waals surface area contributed by atoms with E-state index in [0.717, 1.165) is 25.7 Å². The number of primary amides is 1. The third-order valence-corrected chi connectivity index (χ3v) is 6.51. The molecule has 0 aromatic rings. The molecule has 4 nitrogen and oxygen atoms in total. The summed E-state index contributed by atoms with van der Waals surface area (Å²) < 4.78 is 5.87. The van der Waals surface area contributed by atoms with Gasteiger partial charge >= 0.3 is 5.97 Å². The zero-order chi connectivity index (χ0) is 16.5. The molecule has 126 valence electrons. The highest BCUT2D eigenvalue weighted by Gasteiger charge is 2.51. The van der Waals surface area contributed by atoms with E-state index in [1.54, 1.807) is 0 Å². The van der Waals surface area contributed by atoms with Crippen molar-refractivity contribution in [2.75, 3.05) is 0 Å². The maximum Gasteiger partial charge on any atom is 0.310 e. The molecular formula is C18H31NO3. The number of ether oxygens (including phenoxy) is 1. The van der Waals surface area contributed by atoms with Gasteiger partial charge in [-0.05, 0) is 37.0 Å². The number of rotatable bonds is 3. The van der Waals surface area contributed by atoms with E-state index in [9.17, 15) is 9.59 Å². The summed E-state index contributed by atoms with van der Waals surface area (Å²) in [6, 6.07) is 0. The van der Waals surface area contributed by atoms with E-state index >= 15 is 0 Å². The second-order valence-corrected chi connectivity index (χ2v) is 7.71. The van der Waals surface area contributed by atoms with Crippen molar-refractivity contribution in [1.29, 1.82) is 0 Å². The van der Waals surface area contributed by atoms with E-state index in [2.05, 4.69) is 20.8 Å². The monoisotopic (exact) mass is 309 g/mol. The molecule has 22 heavy (non-hydrogen) atoms. The minimum Gasteiger partial charge on any atom is -0.448 e. The van der Waals surface area contributed by atoms with Crippen molar-refractivity contribution in [1.82, 2.24) is 0 Å². The van der Waals surface area contributed by atoms with Gasteiger partial charge in [0.2, 0.25) is 0 Å². The topological polar surface area (TPSA) is 69.4 Å². The highest BCUT2D eigenvalue weighted by atomic mass is 16.6. The van der Waals surface area contributed by atoms with Gasteiger partial charge in [0, 0.05) is 5.92 Å². The Morgan fingerprint density at radius 2 is 1.64 bits per heavy atom. The summed E-state index contributed by atoms with van der Waals surface area (Å²) in [7, 11) is 0. The molecule has 0 heterocycles. The summed E-state index contributed by atoms with van der Waals surface area (Å²) in [5.74, 6) is 0.386. The molecule has 0 saturated heterocycles. The van der Waals surface area contributed by atoms with Crippen LogP contribution >= 0.6 is 0 Å². The highest BCUT2D eigenvalue weighted by molar-refractivity contribution is 5.87. The van der Waals surface area contributed by atoms with Crippen molar-refractivity contribution in [3.8, 4) is 0 Å². The lowest BCUT2D eigenvalue weighted by atomic mass is 9.69. The van der Waals surface area contributed by atoms with Crippen molar-refractivity contribution in [3.05, 3.63) is 0 Å². The number of carbonyl (C=O) groups is 2. The fourth-order valence-corrected chi connectivity index (χ4v) is 4.34. The van der Waals surface area contributed by atoms with Crippen LogP contribution in [0.4, 0.5) is 0 Å². The maximum absolute atomic E-state index is 12.8. The Bertz CT molecular complexity index is 436. The smallest absolute Gasteiger partial charge is 0.310 e. The van der Waals surface area contributed by atoms with Gasteiger partial charge in [-0.3, -0.25) is 9.59 Å². The van der Waals surface area contributed by atoms with Crippen LogP contribution in [0.2, 0.25) is 0 Å². The first-order valence-electron chi connectivity index (χ1n) is 8.82. The molecule has 0 aromatic heterocycles. The maximum atomic E-state index is 12.8. The average molecular weight is 309 g/mol. The van der Waals surface area contributed by atoms with E-state index in [0.29, 0.717) is 24.2 Å². The van der Waals surface area contributed by atoms with E-state index in [1.807, 2.05) is 6.92 Å². The number of hydrogen-bond donors (Lipinski definition) is 1. The van der Waals surface area contributed by atoms with E-state index < -0.39 is 11.5 Å². The van der Waals surface area contributed by atoms with Gasteiger partial charge in [-0.1, -0.05) is 47.0 Å². The van der Waals surface area contributed by atoms with E-state index in [4.69, 9.17) is 10.5 Å². The van der Waals surface area contributed by atoms with Crippen LogP contribution in [0.3, 0.4) is 0 Å². The molecule has 4 heteroatoms. The van der Waals surface area contributed by atoms with Crippen LogP contribution in [-0.2, 0) is 14.3 Å². The molecule has 2 rings (SSSR count). The molecule has 2 N–H and O–H groups in total. The summed E-state index contributed by atoms with van der Waals surface area (Å²) in [4.78, 5) is 24.9. The largest absolute Gasteiger partial charge is 0.448 e. The Hall–Kier alpha value is -1.06. The van der Waals surface area contributed by atoms with E-state index in [-0.39, 0.29) is 17.8 Å². The molecule has 2 aliphatic rings. The number of esters is 1. The van der Waals surface area contributed by atoms with Gasteiger partial charge in [0.25, 0.3) is 5.91 Å². The molecular weight excluding hydrogens is 278 g/mol. The van der Waals surface area contributed by atoms with Crippen molar-refractivity contribution >= 4 is 11.9 Å². The van der Waals surface area contributed by atoms with Crippen molar-refractivity contribution in [3.63, 3.8) is 0 Å². The fraction of sp³-hybridized carbons (Fsp3) is 0.889. The zero-order valence-corrected chi connectivity index (χ0v) is 14.4. The van der Waals surface area contributed by atoms with Gasteiger partial charge in [0.05, 0.1) is 5.92 Å². The second kappa shape index (κ2) is 6.59. The quantitative estimate of drug-likeness (QED) is 0.813. The lowest BCUT2D eigenvalue weighted by Crippen LogP contribution is -2.57. The molecule has 2 saturated carbocycles. The van der Waals surface area contributed by atoms with Gasteiger partial charge in [0.15, 0.2) is 5.60 Å². The highest BCUT2D eigenvalue weighted by Crippen LogP contribution is 2.42. The molecule has 0 spiro atoms. The zero-order valence-electron chi connectivity index (χ0n) is 14.4. The predicted molar refractivity (Wildman–Crippen MR) is 85.9 cm³/mol. The first-order chi connectivity index (χ1) is 10.3. The summed E-state index contributed by atoms with van der Waals surface area (Å²) in [5, 5.41) is 0. The Balaban J connectivity index is 2.17. The van der Waals surface area contributed by atoms with Crippen LogP contribution in [0.1, 0.15) is 66.2 Å². The average Bonchev–Trinajstić information content (AvgIpc) is 2.46. The molecule has 6 atom stereocenters. The molecule has 0 aromatic carbocycles. The molecule has 6 unspecified atom stereocenters. The predicted octanol–water partition coefficient (Wildman–Crippen LogP) is 3.28. The number of nitrogens with two attached hydrogens (primary N) is 1. The number of amides is 1. The van der Waals surface area contributed by atoms with E-state index in [1.165, 1.54) is 6.42 Å². The third kappa shape index (κ3) is 3.02. The van der Waals surface area contributed by atoms with Crippen molar-refractivity contribution < 1.29 is 14.3 Å². The fourth-order valence-electron chi connectivity index (χ4n) is 4.34. The lowest BCUT2D eigenvalue weighted by molar-refractivity contribution is -0.186. The van der Waals surface area contributed by atoms with Crippen LogP contribution in [0.5, 0.6) is 0 Å². The van der Waals surface area contributed by atoms with Gasteiger partial charge < -0.3 is 10.5 Å². The standard InChI is InChI=1S/C18H31NO3/c1-11-7-5-9-15(13(11)3)16(20)22-18(17(19)21)10-6-8-12(2)14(18)4/h11-15H,5-10H2,1-4H3,(H2,19,21). The molecule has 0 radical (unpaired) electrons. The normalized spacial score (nSPS) is 42.6. The van der Waals surface area contributed by atoms with Gasteiger partial charge in [-0.15, -0.1) is 0 Å². The van der Waals surface area contributed by atoms with Gasteiger partial charge in [0.1, 0.15) is 0 Å². The second-order valence-electron chi connectivity index (χ2n) is 7.71. The minimum absolute atomic E-state index is 0.0148. The van der Waals surface area contributed by atoms with Gasteiger partial charge in [-0.25, -0.2) is 0 Å². The van der Waals surface area contributed by atoms with Crippen LogP contribution < -0.4 is 5.73 Å². The van der Waals surface area contributed by atoms with Crippen LogP contribution in [0, 0.1) is 29.6 Å². The Kier molecular flexibility index (Phi) is 5.18. The van der Waals surface area contributed by atoms with Crippen molar-refractivity contribution in [2.45, 2.75) is 71.8 Å². The van der Waals surface area contributed by atoms with Crippen molar-refractivity contribution in [2.24, 2.45) is 35.3 Å². The Morgan fingerprint density at radius 1 is 1.00 bits per heavy atom. The molecule has 0 bridgehead atoms. The minimum atomic E-state index is -1.10. The van der Waals surface area contributed by atoms with Crippen LogP contribution in [-0.4, -0.2) is 17.5 Å².